The minimum absolute atomic E-state index is 0.0351. The second-order valence-electron chi connectivity index (χ2n) is 5.97. The Morgan fingerprint density at radius 3 is 2.43 bits per heavy atom. The van der Waals surface area contributed by atoms with E-state index in [4.69, 9.17) is 14.2 Å². The van der Waals surface area contributed by atoms with Gasteiger partial charge in [0.15, 0.2) is 12.1 Å². The van der Waals surface area contributed by atoms with Crippen LogP contribution in [0.25, 0.3) is 0 Å². The molecule has 0 spiro atoms. The van der Waals surface area contributed by atoms with Crippen LogP contribution in [0.3, 0.4) is 0 Å². The van der Waals surface area contributed by atoms with Crippen LogP contribution >= 0.6 is 0 Å². The molecule has 1 aliphatic rings. The SMILES string of the molecule is CCOC(=O)C(C)(C)c1cccc(C2OCCO2)c1C(=O)CC. The highest BCUT2D eigenvalue weighted by atomic mass is 16.7. The van der Waals surface area contributed by atoms with Crippen LogP contribution in [0, 0.1) is 0 Å². The Kier molecular flexibility index (Phi) is 5.55. The fraction of sp³-hybridized carbons (Fsp3) is 0.556. The third-order valence-corrected chi connectivity index (χ3v) is 4.03. The number of esters is 1. The van der Waals surface area contributed by atoms with Crippen molar-refractivity contribution < 1.29 is 23.8 Å². The Morgan fingerprint density at radius 1 is 1.22 bits per heavy atom. The summed E-state index contributed by atoms with van der Waals surface area (Å²) >= 11 is 0. The van der Waals surface area contributed by atoms with Crippen molar-refractivity contribution in [2.75, 3.05) is 19.8 Å². The molecule has 1 heterocycles. The number of rotatable bonds is 6. The number of hydrogen-bond acceptors (Lipinski definition) is 5. The van der Waals surface area contributed by atoms with Crippen LogP contribution in [0.4, 0.5) is 0 Å². The third-order valence-electron chi connectivity index (χ3n) is 4.03. The summed E-state index contributed by atoms with van der Waals surface area (Å²) in [5, 5.41) is 0. The number of ketones is 1. The fourth-order valence-electron chi connectivity index (χ4n) is 2.73. The zero-order chi connectivity index (χ0) is 17.0. The fourth-order valence-corrected chi connectivity index (χ4v) is 2.73. The molecule has 1 saturated heterocycles. The van der Waals surface area contributed by atoms with Crippen molar-refractivity contribution in [2.45, 2.75) is 45.8 Å². The summed E-state index contributed by atoms with van der Waals surface area (Å²) in [4.78, 5) is 24.9. The topological polar surface area (TPSA) is 61.8 Å². The average Bonchev–Trinajstić information content (AvgIpc) is 3.07. The highest BCUT2D eigenvalue weighted by Crippen LogP contribution is 2.35. The summed E-state index contributed by atoms with van der Waals surface area (Å²) in [6.07, 6.45) is -0.214. The summed E-state index contributed by atoms with van der Waals surface area (Å²) in [5.74, 6) is -0.386. The van der Waals surface area contributed by atoms with Gasteiger partial charge in [0.25, 0.3) is 0 Å². The Morgan fingerprint density at radius 2 is 1.87 bits per heavy atom. The van der Waals surface area contributed by atoms with E-state index in [2.05, 4.69) is 0 Å². The lowest BCUT2D eigenvalue weighted by atomic mass is 9.78. The van der Waals surface area contributed by atoms with Crippen LogP contribution in [0.2, 0.25) is 0 Å². The van der Waals surface area contributed by atoms with E-state index in [-0.39, 0.29) is 11.8 Å². The lowest BCUT2D eigenvalue weighted by Gasteiger charge is -2.27. The first-order valence-electron chi connectivity index (χ1n) is 8.00. The van der Waals surface area contributed by atoms with E-state index in [9.17, 15) is 9.59 Å². The van der Waals surface area contributed by atoms with Gasteiger partial charge in [0.1, 0.15) is 0 Å². The van der Waals surface area contributed by atoms with Gasteiger partial charge in [-0.1, -0.05) is 25.1 Å². The summed E-state index contributed by atoms with van der Waals surface area (Å²) in [5.41, 5.74) is 0.925. The number of carbonyl (C=O) groups excluding carboxylic acids is 2. The molecular formula is C18H24O5. The molecule has 1 aromatic rings. The van der Waals surface area contributed by atoms with Crippen LogP contribution in [0.5, 0.6) is 0 Å². The minimum atomic E-state index is -0.926. The molecule has 5 heteroatoms. The zero-order valence-electron chi connectivity index (χ0n) is 14.2. The second-order valence-corrected chi connectivity index (χ2v) is 5.97. The lowest BCUT2D eigenvalue weighted by Crippen LogP contribution is -2.33. The smallest absolute Gasteiger partial charge is 0.315 e. The lowest BCUT2D eigenvalue weighted by molar-refractivity contribution is -0.148. The van der Waals surface area contributed by atoms with Crippen molar-refractivity contribution in [3.63, 3.8) is 0 Å². The van der Waals surface area contributed by atoms with Crippen LogP contribution in [-0.2, 0) is 24.4 Å². The Balaban J connectivity index is 2.56. The van der Waals surface area contributed by atoms with Crippen LogP contribution in [0.1, 0.15) is 61.9 Å². The minimum Gasteiger partial charge on any atom is -0.465 e. The first kappa shape index (κ1) is 17.6. The van der Waals surface area contributed by atoms with E-state index < -0.39 is 11.7 Å². The van der Waals surface area contributed by atoms with Crippen molar-refractivity contribution >= 4 is 11.8 Å². The Hall–Kier alpha value is -1.72. The molecular weight excluding hydrogens is 296 g/mol. The van der Waals surface area contributed by atoms with Crippen LogP contribution in [0.15, 0.2) is 18.2 Å². The third kappa shape index (κ3) is 3.46. The molecule has 1 aliphatic heterocycles. The standard InChI is InChI=1S/C18H24O5/c1-5-14(19)15-12(16-22-10-11-23-16)8-7-9-13(15)18(3,4)17(20)21-6-2/h7-9,16H,5-6,10-11H2,1-4H3. The maximum atomic E-state index is 12.6. The second kappa shape index (κ2) is 7.23. The van der Waals surface area contributed by atoms with Gasteiger partial charge in [0.05, 0.1) is 25.2 Å². The van der Waals surface area contributed by atoms with Crippen molar-refractivity contribution in [2.24, 2.45) is 0 Å². The monoisotopic (exact) mass is 320 g/mol. The van der Waals surface area contributed by atoms with Gasteiger partial charge in [0.2, 0.25) is 0 Å². The van der Waals surface area contributed by atoms with E-state index in [0.29, 0.717) is 42.9 Å². The average molecular weight is 320 g/mol. The number of ether oxygens (including phenoxy) is 3. The number of Topliss-reactive ketones (excluding diaryl/α,β-unsaturated/α-hetero) is 1. The molecule has 23 heavy (non-hydrogen) atoms. The Labute approximate surface area is 136 Å². The van der Waals surface area contributed by atoms with Gasteiger partial charge in [-0.15, -0.1) is 0 Å². The van der Waals surface area contributed by atoms with Gasteiger partial charge in [0, 0.05) is 17.5 Å². The Bertz CT molecular complexity index is 585. The largest absolute Gasteiger partial charge is 0.465 e. The van der Waals surface area contributed by atoms with Gasteiger partial charge in [-0.3, -0.25) is 9.59 Å². The first-order valence-corrected chi connectivity index (χ1v) is 8.00. The van der Waals surface area contributed by atoms with E-state index in [0.717, 1.165) is 0 Å². The van der Waals surface area contributed by atoms with E-state index in [1.807, 2.05) is 12.1 Å². The summed E-state index contributed by atoms with van der Waals surface area (Å²) < 4.78 is 16.3. The molecule has 126 valence electrons. The maximum absolute atomic E-state index is 12.6. The normalized spacial score (nSPS) is 15.7. The molecule has 1 aromatic carbocycles. The van der Waals surface area contributed by atoms with Crippen molar-refractivity contribution in [1.82, 2.24) is 0 Å². The van der Waals surface area contributed by atoms with Gasteiger partial charge >= 0.3 is 5.97 Å². The molecule has 0 unspecified atom stereocenters. The van der Waals surface area contributed by atoms with Gasteiger partial charge in [-0.2, -0.15) is 0 Å². The molecule has 0 atom stereocenters. The summed E-state index contributed by atoms with van der Waals surface area (Å²) in [7, 11) is 0. The highest BCUT2D eigenvalue weighted by molar-refractivity contribution is 6.01. The molecule has 0 bridgehead atoms. The molecule has 0 N–H and O–H groups in total. The molecule has 1 fully saturated rings. The molecule has 0 saturated carbocycles. The molecule has 0 amide bonds. The van der Waals surface area contributed by atoms with E-state index >= 15 is 0 Å². The first-order chi connectivity index (χ1) is 10.9. The summed E-state index contributed by atoms with van der Waals surface area (Å²) in [6, 6.07) is 5.45. The van der Waals surface area contributed by atoms with Crippen molar-refractivity contribution in [3.05, 3.63) is 34.9 Å². The number of hydrogen-bond donors (Lipinski definition) is 0. The molecule has 5 nitrogen and oxygen atoms in total. The van der Waals surface area contributed by atoms with E-state index in [1.54, 1.807) is 33.8 Å². The van der Waals surface area contributed by atoms with Gasteiger partial charge in [-0.05, 0) is 26.3 Å². The quantitative estimate of drug-likeness (QED) is 0.595. The molecule has 2 rings (SSSR count). The van der Waals surface area contributed by atoms with Crippen molar-refractivity contribution in [1.29, 1.82) is 0 Å². The van der Waals surface area contributed by atoms with Crippen LogP contribution < -0.4 is 0 Å². The highest BCUT2D eigenvalue weighted by Gasteiger charge is 2.37. The predicted octanol–water partition coefficient (Wildman–Crippen LogP) is 3.17. The van der Waals surface area contributed by atoms with Crippen LogP contribution in [-0.4, -0.2) is 31.6 Å². The van der Waals surface area contributed by atoms with E-state index in [1.165, 1.54) is 0 Å². The number of carbonyl (C=O) groups is 2. The predicted molar refractivity (Wildman–Crippen MR) is 85.4 cm³/mol. The molecule has 0 aromatic heterocycles. The molecule has 0 aliphatic carbocycles. The van der Waals surface area contributed by atoms with Gasteiger partial charge in [-0.25, -0.2) is 0 Å². The summed E-state index contributed by atoms with van der Waals surface area (Å²) in [6.45, 7) is 8.40. The number of benzene rings is 1. The van der Waals surface area contributed by atoms with Crippen molar-refractivity contribution in [3.8, 4) is 0 Å². The maximum Gasteiger partial charge on any atom is 0.315 e. The molecule has 0 radical (unpaired) electrons. The zero-order valence-corrected chi connectivity index (χ0v) is 14.2. The van der Waals surface area contributed by atoms with Gasteiger partial charge < -0.3 is 14.2 Å².